The van der Waals surface area contributed by atoms with Crippen LogP contribution in [0.15, 0.2) is 41.8 Å². The topological polar surface area (TPSA) is 55.1 Å². The summed E-state index contributed by atoms with van der Waals surface area (Å²) in [5, 5.41) is 4.85. The number of hydrogen-bond acceptors (Lipinski definition) is 3. The van der Waals surface area contributed by atoms with Crippen LogP contribution in [0.4, 0.5) is 4.39 Å². The number of benzene rings is 1. The van der Waals surface area contributed by atoms with E-state index in [-0.39, 0.29) is 23.7 Å². The molecular weight excluding hydrogens is 287 g/mol. The van der Waals surface area contributed by atoms with Crippen LogP contribution in [0.5, 0.6) is 0 Å². The first kappa shape index (κ1) is 15.7. The molecule has 0 saturated carbocycles. The lowest BCUT2D eigenvalue weighted by Crippen LogP contribution is -2.38. The summed E-state index contributed by atoms with van der Waals surface area (Å²) >= 11 is 1.46. The van der Waals surface area contributed by atoms with Gasteiger partial charge in [-0.1, -0.05) is 32.0 Å². The van der Waals surface area contributed by atoms with Crippen LogP contribution in [0.2, 0.25) is 0 Å². The minimum atomic E-state index is -0.674. The molecule has 0 aliphatic carbocycles. The Morgan fingerprint density at radius 2 is 1.90 bits per heavy atom. The average molecular weight is 306 g/mol. The number of nitrogens with two attached hydrogens (primary N) is 1. The van der Waals surface area contributed by atoms with Crippen LogP contribution in [-0.4, -0.2) is 5.91 Å². The van der Waals surface area contributed by atoms with E-state index in [4.69, 9.17) is 5.73 Å². The second kappa shape index (κ2) is 6.83. The van der Waals surface area contributed by atoms with Crippen molar-refractivity contribution in [2.24, 2.45) is 11.7 Å². The fraction of sp³-hybridized carbons (Fsp3) is 0.312. The van der Waals surface area contributed by atoms with Gasteiger partial charge in [0, 0.05) is 4.88 Å². The maximum Gasteiger partial charge on any atom is 0.242 e. The van der Waals surface area contributed by atoms with Crippen molar-refractivity contribution in [1.29, 1.82) is 0 Å². The molecule has 112 valence electrons. The molecule has 3 nitrogen and oxygen atoms in total. The summed E-state index contributed by atoms with van der Waals surface area (Å²) in [7, 11) is 0. The molecule has 21 heavy (non-hydrogen) atoms. The largest absolute Gasteiger partial charge is 0.347 e. The second-order valence-corrected chi connectivity index (χ2v) is 6.25. The molecule has 1 amide bonds. The number of thiophene rings is 1. The van der Waals surface area contributed by atoms with Gasteiger partial charge >= 0.3 is 0 Å². The van der Waals surface area contributed by atoms with Gasteiger partial charge in [-0.3, -0.25) is 4.79 Å². The van der Waals surface area contributed by atoms with E-state index >= 15 is 0 Å². The highest BCUT2D eigenvalue weighted by Crippen LogP contribution is 2.24. The van der Waals surface area contributed by atoms with Crippen LogP contribution in [0.1, 0.15) is 36.4 Å². The van der Waals surface area contributed by atoms with Crippen LogP contribution >= 0.6 is 11.3 Å². The van der Waals surface area contributed by atoms with E-state index in [1.807, 2.05) is 31.4 Å². The summed E-state index contributed by atoms with van der Waals surface area (Å²) in [6, 6.07) is 9.03. The molecule has 2 unspecified atom stereocenters. The van der Waals surface area contributed by atoms with Gasteiger partial charge in [-0.25, -0.2) is 4.39 Å². The number of rotatable bonds is 5. The lowest BCUT2D eigenvalue weighted by Gasteiger charge is -2.24. The molecule has 0 aliphatic rings. The van der Waals surface area contributed by atoms with Crippen molar-refractivity contribution in [1.82, 2.24) is 5.32 Å². The summed E-state index contributed by atoms with van der Waals surface area (Å²) in [6.45, 7) is 4.01. The highest BCUT2D eigenvalue weighted by molar-refractivity contribution is 7.10. The fourth-order valence-corrected chi connectivity index (χ4v) is 2.87. The van der Waals surface area contributed by atoms with Crippen molar-refractivity contribution in [3.8, 4) is 0 Å². The van der Waals surface area contributed by atoms with Gasteiger partial charge in [-0.15, -0.1) is 11.3 Å². The van der Waals surface area contributed by atoms with E-state index in [1.54, 1.807) is 12.1 Å². The quantitative estimate of drug-likeness (QED) is 0.889. The zero-order valence-electron chi connectivity index (χ0n) is 12.0. The average Bonchev–Trinajstić information content (AvgIpc) is 2.98. The third kappa shape index (κ3) is 3.89. The Morgan fingerprint density at radius 1 is 1.24 bits per heavy atom. The first-order chi connectivity index (χ1) is 9.99. The Bertz CT molecular complexity index is 581. The predicted octanol–water partition coefficient (Wildman–Crippen LogP) is 3.40. The number of nitrogens with one attached hydrogen (secondary N) is 1. The first-order valence-electron chi connectivity index (χ1n) is 6.84. The summed E-state index contributed by atoms with van der Waals surface area (Å²) in [4.78, 5) is 13.1. The van der Waals surface area contributed by atoms with E-state index in [0.717, 1.165) is 10.4 Å². The zero-order chi connectivity index (χ0) is 15.4. The maximum atomic E-state index is 13.0. The van der Waals surface area contributed by atoms with Gasteiger partial charge in [0.25, 0.3) is 0 Å². The monoisotopic (exact) mass is 306 g/mol. The molecule has 0 aliphatic heterocycles. The lowest BCUT2D eigenvalue weighted by atomic mass is 9.95. The molecule has 5 heteroatoms. The van der Waals surface area contributed by atoms with Crippen molar-refractivity contribution >= 4 is 17.2 Å². The van der Waals surface area contributed by atoms with E-state index in [1.165, 1.54) is 23.5 Å². The fourth-order valence-electron chi connectivity index (χ4n) is 2.15. The van der Waals surface area contributed by atoms with Crippen molar-refractivity contribution in [3.63, 3.8) is 0 Å². The van der Waals surface area contributed by atoms with Crippen LogP contribution in [-0.2, 0) is 4.79 Å². The molecule has 0 bridgehead atoms. The SMILES string of the molecule is CC(C)C(NC(=O)C(N)c1cccs1)c1ccc(F)cc1. The summed E-state index contributed by atoms with van der Waals surface area (Å²) in [5.74, 6) is -0.335. The van der Waals surface area contributed by atoms with Gasteiger partial charge in [-0.2, -0.15) is 0 Å². The Kier molecular flexibility index (Phi) is 5.09. The highest BCUT2D eigenvalue weighted by atomic mass is 32.1. The summed E-state index contributed by atoms with van der Waals surface area (Å²) in [6.07, 6.45) is 0. The Hall–Kier alpha value is -1.72. The predicted molar refractivity (Wildman–Crippen MR) is 83.4 cm³/mol. The number of carbonyl (C=O) groups excluding carboxylic acids is 1. The van der Waals surface area contributed by atoms with Crippen LogP contribution in [0.25, 0.3) is 0 Å². The van der Waals surface area contributed by atoms with Gasteiger partial charge < -0.3 is 11.1 Å². The molecule has 2 rings (SSSR count). The Labute approximate surface area is 128 Å². The van der Waals surface area contributed by atoms with Gasteiger partial charge in [0.05, 0.1) is 6.04 Å². The van der Waals surface area contributed by atoms with E-state index in [2.05, 4.69) is 5.32 Å². The summed E-state index contributed by atoms with van der Waals surface area (Å²) < 4.78 is 13.0. The van der Waals surface area contributed by atoms with Gasteiger partial charge in [0.15, 0.2) is 0 Å². The number of amides is 1. The van der Waals surface area contributed by atoms with Crippen LogP contribution < -0.4 is 11.1 Å². The zero-order valence-corrected chi connectivity index (χ0v) is 12.9. The molecule has 1 aromatic heterocycles. The van der Waals surface area contributed by atoms with Gasteiger partial charge in [-0.05, 0) is 35.1 Å². The van der Waals surface area contributed by atoms with Gasteiger partial charge in [0.1, 0.15) is 11.9 Å². The molecule has 0 radical (unpaired) electrons. The second-order valence-electron chi connectivity index (χ2n) is 5.27. The minimum absolute atomic E-state index is 0.176. The van der Waals surface area contributed by atoms with Crippen molar-refractivity contribution in [3.05, 3.63) is 58.0 Å². The Morgan fingerprint density at radius 3 is 2.43 bits per heavy atom. The molecule has 1 heterocycles. The molecular formula is C16H19FN2OS. The van der Waals surface area contributed by atoms with E-state index in [9.17, 15) is 9.18 Å². The number of hydrogen-bond donors (Lipinski definition) is 2. The molecule has 0 fully saturated rings. The molecule has 1 aromatic carbocycles. The maximum absolute atomic E-state index is 13.0. The van der Waals surface area contributed by atoms with Crippen molar-refractivity contribution in [2.75, 3.05) is 0 Å². The van der Waals surface area contributed by atoms with Crippen molar-refractivity contribution < 1.29 is 9.18 Å². The Balaban J connectivity index is 2.13. The van der Waals surface area contributed by atoms with E-state index in [0.29, 0.717) is 0 Å². The minimum Gasteiger partial charge on any atom is -0.347 e. The van der Waals surface area contributed by atoms with Crippen LogP contribution in [0.3, 0.4) is 0 Å². The normalized spacial score (nSPS) is 14.0. The highest BCUT2D eigenvalue weighted by Gasteiger charge is 2.23. The standard InChI is InChI=1S/C16H19FN2OS/c1-10(2)15(11-5-7-12(17)8-6-11)19-16(20)14(18)13-4-3-9-21-13/h3-10,14-15H,18H2,1-2H3,(H,19,20). The van der Waals surface area contributed by atoms with Gasteiger partial charge in [0.2, 0.25) is 5.91 Å². The molecule has 2 atom stereocenters. The number of carbonyl (C=O) groups is 1. The molecule has 0 saturated heterocycles. The number of halogens is 1. The molecule has 3 N–H and O–H groups in total. The third-order valence-corrected chi connectivity index (χ3v) is 4.28. The van der Waals surface area contributed by atoms with Crippen molar-refractivity contribution in [2.45, 2.75) is 25.9 Å². The smallest absolute Gasteiger partial charge is 0.242 e. The molecule has 0 spiro atoms. The third-order valence-electron chi connectivity index (χ3n) is 3.33. The molecule has 2 aromatic rings. The first-order valence-corrected chi connectivity index (χ1v) is 7.72. The lowest BCUT2D eigenvalue weighted by molar-refractivity contribution is -0.123. The van der Waals surface area contributed by atoms with E-state index < -0.39 is 6.04 Å². The summed E-state index contributed by atoms with van der Waals surface area (Å²) in [5.41, 5.74) is 6.85. The van der Waals surface area contributed by atoms with Crippen LogP contribution in [0, 0.1) is 11.7 Å².